The van der Waals surface area contributed by atoms with E-state index >= 15 is 0 Å². The molecule has 86 valence electrons. The summed E-state index contributed by atoms with van der Waals surface area (Å²) in [4.78, 5) is 22.0. The lowest BCUT2D eigenvalue weighted by Gasteiger charge is -2.09. The first-order chi connectivity index (χ1) is 7.54. The summed E-state index contributed by atoms with van der Waals surface area (Å²) in [7, 11) is 1.49. The summed E-state index contributed by atoms with van der Waals surface area (Å²) >= 11 is 0. The third-order valence-corrected chi connectivity index (χ3v) is 1.91. The molecule has 16 heavy (non-hydrogen) atoms. The summed E-state index contributed by atoms with van der Waals surface area (Å²) in [5.74, 6) is -0.711. The number of amides is 2. The van der Waals surface area contributed by atoms with E-state index in [1.807, 2.05) is 0 Å². The highest BCUT2D eigenvalue weighted by Gasteiger charge is 2.10. The molecule has 0 saturated heterocycles. The number of primary amides is 1. The zero-order valence-electron chi connectivity index (χ0n) is 8.82. The predicted octanol–water partition coefficient (Wildman–Crippen LogP) is -0.507. The summed E-state index contributed by atoms with van der Waals surface area (Å²) in [5.41, 5.74) is 11.2. The second kappa shape index (κ2) is 5.01. The van der Waals surface area contributed by atoms with Gasteiger partial charge in [-0.15, -0.1) is 0 Å². The normalized spacial score (nSPS) is 9.56. The SMILES string of the molecule is CNC(=O)COc1ccc(N)cc1C(N)=O. The lowest BCUT2D eigenvalue weighted by Crippen LogP contribution is -2.25. The smallest absolute Gasteiger partial charge is 0.257 e. The highest BCUT2D eigenvalue weighted by atomic mass is 16.5. The Morgan fingerprint density at radius 2 is 2.12 bits per heavy atom. The van der Waals surface area contributed by atoms with E-state index in [0.29, 0.717) is 5.69 Å². The van der Waals surface area contributed by atoms with Crippen molar-refractivity contribution in [1.29, 1.82) is 0 Å². The van der Waals surface area contributed by atoms with E-state index in [1.165, 1.54) is 19.2 Å². The van der Waals surface area contributed by atoms with Crippen molar-refractivity contribution in [2.24, 2.45) is 5.73 Å². The van der Waals surface area contributed by atoms with Crippen LogP contribution in [0.3, 0.4) is 0 Å². The molecule has 1 rings (SSSR count). The average molecular weight is 223 g/mol. The van der Waals surface area contributed by atoms with Gasteiger partial charge in [-0.25, -0.2) is 0 Å². The summed E-state index contributed by atoms with van der Waals surface area (Å²) in [5, 5.41) is 2.39. The van der Waals surface area contributed by atoms with Crippen LogP contribution in [0.1, 0.15) is 10.4 Å². The molecule has 2 amide bonds. The monoisotopic (exact) mass is 223 g/mol. The van der Waals surface area contributed by atoms with Crippen molar-refractivity contribution in [3.63, 3.8) is 0 Å². The number of nitrogens with two attached hydrogens (primary N) is 2. The van der Waals surface area contributed by atoms with E-state index in [4.69, 9.17) is 16.2 Å². The van der Waals surface area contributed by atoms with E-state index in [0.717, 1.165) is 0 Å². The second-order valence-corrected chi connectivity index (χ2v) is 3.08. The molecule has 0 spiro atoms. The number of carbonyl (C=O) groups is 2. The lowest BCUT2D eigenvalue weighted by atomic mass is 10.1. The Balaban J connectivity index is 2.87. The Labute approximate surface area is 92.6 Å². The third kappa shape index (κ3) is 2.88. The predicted molar refractivity (Wildman–Crippen MR) is 58.9 cm³/mol. The number of rotatable bonds is 4. The van der Waals surface area contributed by atoms with Crippen LogP contribution in [0, 0.1) is 0 Å². The number of carbonyl (C=O) groups excluding carboxylic acids is 2. The van der Waals surface area contributed by atoms with Crippen LogP contribution in [-0.4, -0.2) is 25.5 Å². The number of hydrogen-bond acceptors (Lipinski definition) is 4. The van der Waals surface area contributed by atoms with Crippen LogP contribution in [0.15, 0.2) is 18.2 Å². The average Bonchev–Trinajstić information content (AvgIpc) is 2.26. The van der Waals surface area contributed by atoms with E-state index < -0.39 is 5.91 Å². The maximum atomic E-state index is 11.1. The summed E-state index contributed by atoms with van der Waals surface area (Å²) in [6, 6.07) is 4.46. The molecule has 1 aromatic rings. The van der Waals surface area contributed by atoms with Crippen molar-refractivity contribution in [2.45, 2.75) is 0 Å². The zero-order chi connectivity index (χ0) is 12.1. The van der Waals surface area contributed by atoms with Crippen molar-refractivity contribution in [3.05, 3.63) is 23.8 Å². The molecule has 5 N–H and O–H groups in total. The van der Waals surface area contributed by atoms with Gasteiger partial charge in [-0.05, 0) is 18.2 Å². The zero-order valence-corrected chi connectivity index (χ0v) is 8.82. The molecule has 0 atom stereocenters. The standard InChI is InChI=1S/C10H13N3O3/c1-13-9(14)5-16-8-3-2-6(11)4-7(8)10(12)15/h2-4H,5,11H2,1H3,(H2,12,15)(H,13,14). The van der Waals surface area contributed by atoms with Crippen molar-refractivity contribution in [2.75, 3.05) is 19.4 Å². The summed E-state index contributed by atoms with van der Waals surface area (Å²) in [6.07, 6.45) is 0. The van der Waals surface area contributed by atoms with Crippen LogP contribution < -0.4 is 21.5 Å². The first-order valence-electron chi connectivity index (χ1n) is 4.57. The highest BCUT2D eigenvalue weighted by Crippen LogP contribution is 2.20. The number of benzene rings is 1. The van der Waals surface area contributed by atoms with Crippen LogP contribution in [0.5, 0.6) is 5.75 Å². The molecule has 0 heterocycles. The fraction of sp³-hybridized carbons (Fsp3) is 0.200. The molecule has 1 aromatic carbocycles. The van der Waals surface area contributed by atoms with Gasteiger partial charge in [0.1, 0.15) is 5.75 Å². The highest BCUT2D eigenvalue weighted by molar-refractivity contribution is 5.96. The summed E-state index contributed by atoms with van der Waals surface area (Å²) in [6.45, 7) is -0.180. The Morgan fingerprint density at radius 1 is 1.44 bits per heavy atom. The molecule has 0 aliphatic heterocycles. The number of likely N-dealkylation sites (N-methyl/N-ethyl adjacent to an activating group) is 1. The Morgan fingerprint density at radius 3 is 2.69 bits per heavy atom. The van der Waals surface area contributed by atoms with Crippen LogP contribution in [0.4, 0.5) is 5.69 Å². The molecule has 0 aliphatic rings. The number of nitrogens with one attached hydrogen (secondary N) is 1. The minimum Gasteiger partial charge on any atom is -0.483 e. The van der Waals surface area contributed by atoms with E-state index in [-0.39, 0.29) is 23.8 Å². The van der Waals surface area contributed by atoms with Crippen LogP contribution in [-0.2, 0) is 4.79 Å². The molecule has 0 radical (unpaired) electrons. The van der Waals surface area contributed by atoms with Gasteiger partial charge in [-0.2, -0.15) is 0 Å². The van der Waals surface area contributed by atoms with Crippen LogP contribution in [0.25, 0.3) is 0 Å². The van der Waals surface area contributed by atoms with Gasteiger partial charge in [-0.3, -0.25) is 9.59 Å². The number of hydrogen-bond donors (Lipinski definition) is 3. The van der Waals surface area contributed by atoms with Gasteiger partial charge in [0.15, 0.2) is 6.61 Å². The number of ether oxygens (including phenoxy) is 1. The summed E-state index contributed by atoms with van der Waals surface area (Å²) < 4.78 is 5.14. The van der Waals surface area contributed by atoms with E-state index in [9.17, 15) is 9.59 Å². The third-order valence-electron chi connectivity index (χ3n) is 1.91. The maximum absolute atomic E-state index is 11.1. The quantitative estimate of drug-likeness (QED) is 0.597. The van der Waals surface area contributed by atoms with Gasteiger partial charge in [0, 0.05) is 12.7 Å². The van der Waals surface area contributed by atoms with Crippen molar-refractivity contribution >= 4 is 17.5 Å². The molecule has 6 nitrogen and oxygen atoms in total. The van der Waals surface area contributed by atoms with Gasteiger partial charge in [-0.1, -0.05) is 0 Å². The van der Waals surface area contributed by atoms with Crippen molar-refractivity contribution in [3.8, 4) is 5.75 Å². The Kier molecular flexibility index (Phi) is 3.71. The van der Waals surface area contributed by atoms with Gasteiger partial charge in [0.25, 0.3) is 11.8 Å². The molecule has 0 saturated carbocycles. The number of nitrogen functional groups attached to an aromatic ring is 1. The number of anilines is 1. The van der Waals surface area contributed by atoms with Crippen molar-refractivity contribution in [1.82, 2.24) is 5.32 Å². The van der Waals surface area contributed by atoms with Gasteiger partial charge in [0.2, 0.25) is 0 Å². The minimum absolute atomic E-state index is 0.156. The van der Waals surface area contributed by atoms with Gasteiger partial charge in [0.05, 0.1) is 5.56 Å². The minimum atomic E-state index is -0.654. The van der Waals surface area contributed by atoms with E-state index in [1.54, 1.807) is 6.07 Å². The molecule has 0 bridgehead atoms. The molecule has 0 aromatic heterocycles. The largest absolute Gasteiger partial charge is 0.483 e. The van der Waals surface area contributed by atoms with E-state index in [2.05, 4.69) is 5.32 Å². The molecular formula is C10H13N3O3. The molecule has 0 unspecified atom stereocenters. The molecule has 0 fully saturated rings. The Bertz CT molecular complexity index is 418. The lowest BCUT2D eigenvalue weighted by molar-refractivity contribution is -0.122. The van der Waals surface area contributed by atoms with Crippen molar-refractivity contribution < 1.29 is 14.3 Å². The molecule has 0 aliphatic carbocycles. The molecular weight excluding hydrogens is 210 g/mol. The first kappa shape index (κ1) is 11.8. The van der Waals surface area contributed by atoms with Gasteiger partial charge >= 0.3 is 0 Å². The fourth-order valence-electron chi connectivity index (χ4n) is 1.08. The fourth-order valence-corrected chi connectivity index (χ4v) is 1.08. The van der Waals surface area contributed by atoms with Crippen LogP contribution >= 0.6 is 0 Å². The second-order valence-electron chi connectivity index (χ2n) is 3.08. The van der Waals surface area contributed by atoms with Crippen LogP contribution in [0.2, 0.25) is 0 Å². The first-order valence-corrected chi connectivity index (χ1v) is 4.57. The maximum Gasteiger partial charge on any atom is 0.257 e. The Hall–Kier alpha value is -2.24. The topological polar surface area (TPSA) is 107 Å². The van der Waals surface area contributed by atoms with Gasteiger partial charge < -0.3 is 21.5 Å². The molecule has 6 heteroatoms.